The second-order valence-electron chi connectivity index (χ2n) is 2.64. The summed E-state index contributed by atoms with van der Waals surface area (Å²) in [6, 6.07) is 4.34. The second kappa shape index (κ2) is 3.10. The van der Waals surface area contributed by atoms with Gasteiger partial charge in [-0.15, -0.1) is 5.10 Å². The number of methoxy groups -OCH3 is 1. The van der Waals surface area contributed by atoms with Crippen LogP contribution in [-0.4, -0.2) is 22.1 Å². The van der Waals surface area contributed by atoms with Crippen molar-refractivity contribution in [2.75, 3.05) is 7.11 Å². The van der Waals surface area contributed by atoms with Gasteiger partial charge in [0.1, 0.15) is 18.1 Å². The van der Waals surface area contributed by atoms with E-state index in [9.17, 15) is 4.39 Å². The van der Waals surface area contributed by atoms with Gasteiger partial charge in [-0.2, -0.15) is 0 Å². The van der Waals surface area contributed by atoms with E-state index in [1.54, 1.807) is 17.9 Å². The van der Waals surface area contributed by atoms with Crippen molar-refractivity contribution in [2.24, 2.45) is 0 Å². The fourth-order valence-electron chi connectivity index (χ4n) is 1.16. The van der Waals surface area contributed by atoms with E-state index in [-0.39, 0.29) is 5.82 Å². The first kappa shape index (κ1) is 8.12. The molecule has 1 aromatic carbocycles. The molecule has 5 heteroatoms. The van der Waals surface area contributed by atoms with Crippen LogP contribution in [0.1, 0.15) is 0 Å². The molecule has 0 amide bonds. The number of ether oxygens (including phenoxy) is 1. The summed E-state index contributed by atoms with van der Waals surface area (Å²) in [5, 5.41) is 7.59. The lowest BCUT2D eigenvalue weighted by atomic mass is 10.3. The van der Waals surface area contributed by atoms with E-state index in [0.717, 1.165) is 5.52 Å². The Morgan fingerprint density at radius 1 is 1.54 bits per heavy atom. The maximum absolute atomic E-state index is 12.7. The van der Waals surface area contributed by atoms with Gasteiger partial charge in [0, 0.05) is 13.2 Å². The van der Waals surface area contributed by atoms with Crippen molar-refractivity contribution in [1.29, 1.82) is 0 Å². The van der Waals surface area contributed by atoms with E-state index < -0.39 is 0 Å². The molecule has 0 spiro atoms. The average Bonchev–Trinajstić information content (AvgIpc) is 2.49. The summed E-state index contributed by atoms with van der Waals surface area (Å²) in [6.07, 6.45) is 0. The average molecular weight is 181 g/mol. The molecule has 0 saturated heterocycles. The quantitative estimate of drug-likeness (QED) is 0.698. The highest BCUT2D eigenvalue weighted by Gasteiger charge is 2.03. The summed E-state index contributed by atoms with van der Waals surface area (Å²) < 4.78 is 19.2. The Bertz CT molecular complexity index is 426. The van der Waals surface area contributed by atoms with Crippen LogP contribution in [0.2, 0.25) is 0 Å². The van der Waals surface area contributed by atoms with E-state index in [0.29, 0.717) is 12.2 Å². The van der Waals surface area contributed by atoms with Crippen LogP contribution in [0, 0.1) is 5.82 Å². The van der Waals surface area contributed by atoms with Gasteiger partial charge in [0.25, 0.3) is 0 Å². The number of hydrogen-bond donors (Lipinski definition) is 0. The minimum Gasteiger partial charge on any atom is -0.362 e. The summed E-state index contributed by atoms with van der Waals surface area (Å²) >= 11 is 0. The van der Waals surface area contributed by atoms with Crippen molar-refractivity contribution in [1.82, 2.24) is 15.0 Å². The predicted octanol–water partition coefficient (Wildman–Crippen LogP) is 1.17. The third-order valence-corrected chi connectivity index (χ3v) is 1.73. The van der Waals surface area contributed by atoms with Crippen LogP contribution in [-0.2, 0) is 11.5 Å². The monoisotopic (exact) mass is 181 g/mol. The lowest BCUT2D eigenvalue weighted by Gasteiger charge is -1.98. The van der Waals surface area contributed by atoms with Crippen LogP contribution < -0.4 is 0 Å². The van der Waals surface area contributed by atoms with Gasteiger partial charge in [-0.05, 0) is 12.1 Å². The molecule has 1 aromatic heterocycles. The van der Waals surface area contributed by atoms with Crippen molar-refractivity contribution < 1.29 is 9.13 Å². The maximum Gasteiger partial charge on any atom is 0.141 e. The van der Waals surface area contributed by atoms with Crippen LogP contribution in [0.4, 0.5) is 4.39 Å². The van der Waals surface area contributed by atoms with Crippen molar-refractivity contribution in [2.45, 2.75) is 6.73 Å². The number of benzene rings is 1. The molecular formula is C8H8FN3O. The van der Waals surface area contributed by atoms with Crippen LogP contribution in [0.25, 0.3) is 11.0 Å². The molecule has 0 fully saturated rings. The Morgan fingerprint density at radius 2 is 2.38 bits per heavy atom. The van der Waals surface area contributed by atoms with Crippen LogP contribution >= 0.6 is 0 Å². The van der Waals surface area contributed by atoms with Gasteiger partial charge in [0.2, 0.25) is 0 Å². The molecule has 0 aliphatic heterocycles. The molecule has 4 nitrogen and oxygen atoms in total. The van der Waals surface area contributed by atoms with Crippen molar-refractivity contribution in [3.63, 3.8) is 0 Å². The van der Waals surface area contributed by atoms with Crippen molar-refractivity contribution in [3.05, 3.63) is 24.0 Å². The molecule has 68 valence electrons. The fourth-order valence-corrected chi connectivity index (χ4v) is 1.16. The maximum atomic E-state index is 12.7. The lowest BCUT2D eigenvalue weighted by molar-refractivity contribution is 0.122. The van der Waals surface area contributed by atoms with Gasteiger partial charge < -0.3 is 4.74 Å². The topological polar surface area (TPSA) is 39.9 Å². The second-order valence-corrected chi connectivity index (χ2v) is 2.64. The van der Waals surface area contributed by atoms with Gasteiger partial charge in [0.15, 0.2) is 0 Å². The molecule has 0 bridgehead atoms. The van der Waals surface area contributed by atoms with E-state index in [1.165, 1.54) is 12.1 Å². The molecule has 1 heterocycles. The number of nitrogens with zero attached hydrogens (tertiary/aromatic N) is 3. The molecule has 0 unspecified atom stereocenters. The number of rotatable bonds is 2. The highest BCUT2D eigenvalue weighted by Crippen LogP contribution is 2.11. The van der Waals surface area contributed by atoms with E-state index in [1.807, 2.05) is 0 Å². The zero-order valence-corrected chi connectivity index (χ0v) is 7.07. The Balaban J connectivity index is 2.55. The van der Waals surface area contributed by atoms with Gasteiger partial charge in [-0.25, -0.2) is 9.07 Å². The van der Waals surface area contributed by atoms with Gasteiger partial charge in [-0.3, -0.25) is 0 Å². The zero-order valence-electron chi connectivity index (χ0n) is 7.07. The summed E-state index contributed by atoms with van der Waals surface area (Å²) in [5.41, 5.74) is 1.31. The number of aromatic nitrogens is 3. The molecule has 2 aromatic rings. The van der Waals surface area contributed by atoms with Gasteiger partial charge >= 0.3 is 0 Å². The van der Waals surface area contributed by atoms with Crippen LogP contribution in [0.3, 0.4) is 0 Å². The Labute approximate surface area is 73.9 Å². The Morgan fingerprint density at radius 3 is 3.15 bits per heavy atom. The predicted molar refractivity (Wildman–Crippen MR) is 44.5 cm³/mol. The first-order valence-electron chi connectivity index (χ1n) is 3.79. The normalized spacial score (nSPS) is 10.9. The minimum atomic E-state index is -0.308. The summed E-state index contributed by atoms with van der Waals surface area (Å²) in [7, 11) is 1.57. The van der Waals surface area contributed by atoms with E-state index >= 15 is 0 Å². The number of halogens is 1. The molecular weight excluding hydrogens is 173 g/mol. The van der Waals surface area contributed by atoms with E-state index in [4.69, 9.17) is 4.74 Å². The molecule has 0 aliphatic carbocycles. The highest BCUT2D eigenvalue weighted by atomic mass is 19.1. The number of hydrogen-bond acceptors (Lipinski definition) is 3. The molecule has 0 radical (unpaired) electrons. The summed E-state index contributed by atoms with van der Waals surface area (Å²) in [5.74, 6) is -0.308. The zero-order chi connectivity index (χ0) is 9.26. The van der Waals surface area contributed by atoms with Crippen LogP contribution in [0.5, 0.6) is 0 Å². The minimum absolute atomic E-state index is 0.308. The van der Waals surface area contributed by atoms with Gasteiger partial charge in [0.05, 0.1) is 5.52 Å². The van der Waals surface area contributed by atoms with Gasteiger partial charge in [-0.1, -0.05) is 5.21 Å². The first-order chi connectivity index (χ1) is 6.31. The summed E-state index contributed by atoms with van der Waals surface area (Å²) in [4.78, 5) is 0. The largest absolute Gasteiger partial charge is 0.362 e. The smallest absolute Gasteiger partial charge is 0.141 e. The van der Waals surface area contributed by atoms with Crippen LogP contribution in [0.15, 0.2) is 18.2 Å². The molecule has 0 N–H and O–H groups in total. The summed E-state index contributed by atoms with van der Waals surface area (Å²) in [6.45, 7) is 0.322. The standard InChI is InChI=1S/C8H8FN3O/c1-13-5-12-8-3-2-6(9)4-7(8)10-11-12/h2-4H,5H2,1H3. The Kier molecular flexibility index (Phi) is 1.94. The molecule has 0 saturated carbocycles. The van der Waals surface area contributed by atoms with E-state index in [2.05, 4.69) is 10.3 Å². The fraction of sp³-hybridized carbons (Fsp3) is 0.250. The van der Waals surface area contributed by atoms with Crippen molar-refractivity contribution in [3.8, 4) is 0 Å². The molecule has 0 aliphatic rings. The van der Waals surface area contributed by atoms with Crippen molar-refractivity contribution >= 4 is 11.0 Å². The molecule has 13 heavy (non-hydrogen) atoms. The third-order valence-electron chi connectivity index (χ3n) is 1.73. The SMILES string of the molecule is COCn1nnc2cc(F)ccc21. The highest BCUT2D eigenvalue weighted by molar-refractivity contribution is 5.73. The lowest BCUT2D eigenvalue weighted by Crippen LogP contribution is -2.01. The molecule has 2 rings (SSSR count). The Hall–Kier alpha value is -1.49. The molecule has 0 atom stereocenters. The first-order valence-corrected chi connectivity index (χ1v) is 3.79. The number of fused-ring (bicyclic) bond motifs is 1. The third kappa shape index (κ3) is 1.38.